The molecular weight excluding hydrogens is 180 g/mol. The Morgan fingerprint density at radius 1 is 1.64 bits per heavy atom. The molecule has 0 atom stereocenters. The maximum Gasteiger partial charge on any atom is 0.248 e. The largest absolute Gasteiger partial charge is 0.355 e. The number of fused-ring (bicyclic) bond motifs is 1. The first-order valence-electron chi connectivity index (χ1n) is 4.28. The summed E-state index contributed by atoms with van der Waals surface area (Å²) < 4.78 is 0. The third-order valence-corrected chi connectivity index (χ3v) is 2.07. The van der Waals surface area contributed by atoms with Gasteiger partial charge < -0.3 is 10.6 Å². The van der Waals surface area contributed by atoms with Gasteiger partial charge in [0.2, 0.25) is 5.91 Å². The molecule has 2 rings (SSSR count). The Kier molecular flexibility index (Phi) is 2.14. The molecule has 0 fully saturated rings. The number of amides is 1. The number of hydrogen-bond donors (Lipinski definition) is 2. The van der Waals surface area contributed by atoms with Crippen molar-refractivity contribution in [3.05, 3.63) is 29.9 Å². The molecule has 1 aromatic rings. The van der Waals surface area contributed by atoms with Gasteiger partial charge in [0.15, 0.2) is 0 Å². The van der Waals surface area contributed by atoms with E-state index in [9.17, 15) is 4.79 Å². The van der Waals surface area contributed by atoms with Crippen LogP contribution >= 0.6 is 0 Å². The average Bonchev–Trinajstić information content (AvgIpc) is 2.27. The van der Waals surface area contributed by atoms with E-state index in [1.165, 1.54) is 6.33 Å². The molecule has 1 aliphatic heterocycles. The zero-order chi connectivity index (χ0) is 9.97. The summed E-state index contributed by atoms with van der Waals surface area (Å²) in [5, 5.41) is 5.53. The number of hydrogen-bond acceptors (Lipinski definition) is 4. The summed E-state index contributed by atoms with van der Waals surface area (Å²) >= 11 is 0. The van der Waals surface area contributed by atoms with Gasteiger partial charge in [0, 0.05) is 37.0 Å². The molecule has 72 valence electrons. The third kappa shape index (κ3) is 1.44. The lowest BCUT2D eigenvalue weighted by molar-refractivity contribution is -0.117. The highest BCUT2D eigenvalue weighted by Crippen LogP contribution is 2.19. The zero-order valence-corrected chi connectivity index (χ0v) is 7.74. The molecule has 0 saturated heterocycles. The van der Waals surface area contributed by atoms with Crippen molar-refractivity contribution in [2.24, 2.45) is 0 Å². The van der Waals surface area contributed by atoms with Crippen LogP contribution in [0.3, 0.4) is 0 Å². The van der Waals surface area contributed by atoms with Crippen molar-refractivity contribution in [1.82, 2.24) is 15.3 Å². The number of aromatic nitrogens is 2. The van der Waals surface area contributed by atoms with Crippen molar-refractivity contribution < 1.29 is 4.79 Å². The number of rotatable bonds is 1. The van der Waals surface area contributed by atoms with E-state index in [0.29, 0.717) is 12.0 Å². The number of nitrogens with zero attached hydrogens (tertiary/aromatic N) is 2. The quantitative estimate of drug-likeness (QED) is 0.658. The standard InChI is InChI=1S/C9H10N4O/c1-10-9(14)7-2-6-3-11-5-13-8(6)12-4-7/h3-5H,2H2,1H3,(H,10,14)(H,11,12,13). The SMILES string of the molecule is CNC(=O)C1=CNc2ncncc2C1. The zero-order valence-electron chi connectivity index (χ0n) is 7.74. The van der Waals surface area contributed by atoms with Crippen LogP contribution in [-0.2, 0) is 11.2 Å². The van der Waals surface area contributed by atoms with Crippen LogP contribution in [0.2, 0.25) is 0 Å². The summed E-state index contributed by atoms with van der Waals surface area (Å²) in [5.74, 6) is 0.694. The van der Waals surface area contributed by atoms with E-state index in [4.69, 9.17) is 0 Å². The van der Waals surface area contributed by atoms with Gasteiger partial charge in [0.05, 0.1) is 0 Å². The van der Waals surface area contributed by atoms with Crippen LogP contribution in [0, 0.1) is 0 Å². The highest BCUT2D eigenvalue weighted by Gasteiger charge is 2.15. The summed E-state index contributed by atoms with van der Waals surface area (Å²) in [6.45, 7) is 0. The fourth-order valence-electron chi connectivity index (χ4n) is 1.34. The summed E-state index contributed by atoms with van der Waals surface area (Å²) in [4.78, 5) is 19.3. The Hall–Kier alpha value is -1.91. The molecule has 5 heteroatoms. The lowest BCUT2D eigenvalue weighted by atomic mass is 10.1. The van der Waals surface area contributed by atoms with Crippen LogP contribution in [0.5, 0.6) is 0 Å². The fourth-order valence-corrected chi connectivity index (χ4v) is 1.34. The van der Waals surface area contributed by atoms with Crippen LogP contribution in [0.15, 0.2) is 24.3 Å². The van der Waals surface area contributed by atoms with Crippen LogP contribution in [0.1, 0.15) is 5.56 Å². The molecule has 14 heavy (non-hydrogen) atoms. The summed E-state index contributed by atoms with van der Waals surface area (Å²) in [5.41, 5.74) is 1.63. The van der Waals surface area contributed by atoms with E-state index in [1.807, 2.05) is 0 Å². The van der Waals surface area contributed by atoms with Crippen molar-refractivity contribution in [2.45, 2.75) is 6.42 Å². The van der Waals surface area contributed by atoms with Gasteiger partial charge in [0.1, 0.15) is 12.1 Å². The van der Waals surface area contributed by atoms with Gasteiger partial charge in [-0.1, -0.05) is 0 Å². The van der Waals surface area contributed by atoms with E-state index in [0.717, 1.165) is 11.4 Å². The predicted octanol–water partition coefficient (Wildman–Crippen LogP) is 0.0745. The van der Waals surface area contributed by atoms with Crippen molar-refractivity contribution in [3.8, 4) is 0 Å². The van der Waals surface area contributed by atoms with Crippen LogP contribution < -0.4 is 10.6 Å². The molecule has 0 saturated carbocycles. The molecule has 0 radical (unpaired) electrons. The maximum absolute atomic E-state index is 11.3. The second-order valence-corrected chi connectivity index (χ2v) is 2.97. The van der Waals surface area contributed by atoms with Crippen LogP contribution in [0.4, 0.5) is 5.82 Å². The Morgan fingerprint density at radius 3 is 3.29 bits per heavy atom. The summed E-state index contributed by atoms with van der Waals surface area (Å²) in [7, 11) is 1.61. The number of nitrogens with one attached hydrogen (secondary N) is 2. The van der Waals surface area contributed by atoms with Gasteiger partial charge in [0.25, 0.3) is 0 Å². The molecule has 0 unspecified atom stereocenters. The van der Waals surface area contributed by atoms with Gasteiger partial charge in [-0.15, -0.1) is 0 Å². The molecule has 1 aromatic heterocycles. The highest BCUT2D eigenvalue weighted by atomic mass is 16.1. The van der Waals surface area contributed by atoms with Crippen molar-refractivity contribution in [1.29, 1.82) is 0 Å². The molecule has 1 aliphatic rings. The minimum Gasteiger partial charge on any atom is -0.355 e. The normalized spacial score (nSPS) is 13.6. The van der Waals surface area contributed by atoms with Gasteiger partial charge in [-0.2, -0.15) is 0 Å². The first-order valence-corrected chi connectivity index (χ1v) is 4.28. The molecule has 0 aromatic carbocycles. The second kappa shape index (κ2) is 3.45. The number of likely N-dealkylation sites (N-methyl/N-ethyl adjacent to an activating group) is 1. The van der Waals surface area contributed by atoms with Crippen molar-refractivity contribution in [3.63, 3.8) is 0 Å². The van der Waals surface area contributed by atoms with Crippen molar-refractivity contribution >= 4 is 11.7 Å². The lowest BCUT2D eigenvalue weighted by Crippen LogP contribution is -2.24. The van der Waals surface area contributed by atoms with E-state index >= 15 is 0 Å². The first-order chi connectivity index (χ1) is 6.81. The maximum atomic E-state index is 11.3. The lowest BCUT2D eigenvalue weighted by Gasteiger charge is -2.15. The van der Waals surface area contributed by atoms with Crippen LogP contribution in [-0.4, -0.2) is 22.9 Å². The Balaban J connectivity index is 2.25. The summed E-state index contributed by atoms with van der Waals surface area (Å²) in [6.07, 6.45) is 5.44. The topological polar surface area (TPSA) is 66.9 Å². The number of carbonyl (C=O) groups is 1. The first kappa shape index (κ1) is 8.68. The third-order valence-electron chi connectivity index (χ3n) is 2.07. The summed E-state index contributed by atoms with van der Waals surface area (Å²) in [6, 6.07) is 0. The predicted molar refractivity (Wildman–Crippen MR) is 51.5 cm³/mol. The molecule has 0 spiro atoms. The molecule has 2 heterocycles. The van der Waals surface area contributed by atoms with Gasteiger partial charge >= 0.3 is 0 Å². The number of anilines is 1. The Labute approximate surface area is 81.3 Å². The number of carbonyl (C=O) groups excluding carboxylic acids is 1. The molecule has 0 aliphatic carbocycles. The van der Waals surface area contributed by atoms with E-state index in [2.05, 4.69) is 20.6 Å². The van der Waals surface area contributed by atoms with Crippen molar-refractivity contribution in [2.75, 3.05) is 12.4 Å². The van der Waals surface area contributed by atoms with Gasteiger partial charge in [-0.05, 0) is 0 Å². The molecule has 0 bridgehead atoms. The minimum absolute atomic E-state index is 0.0768. The van der Waals surface area contributed by atoms with E-state index in [1.54, 1.807) is 19.4 Å². The molecule has 2 N–H and O–H groups in total. The van der Waals surface area contributed by atoms with E-state index in [-0.39, 0.29) is 5.91 Å². The van der Waals surface area contributed by atoms with Gasteiger partial charge in [-0.25, -0.2) is 9.97 Å². The Morgan fingerprint density at radius 2 is 2.50 bits per heavy atom. The monoisotopic (exact) mass is 190 g/mol. The minimum atomic E-state index is -0.0768. The fraction of sp³-hybridized carbons (Fsp3) is 0.222. The smallest absolute Gasteiger partial charge is 0.248 e. The highest BCUT2D eigenvalue weighted by molar-refractivity contribution is 5.94. The molecular formula is C9H10N4O. The van der Waals surface area contributed by atoms with E-state index < -0.39 is 0 Å². The van der Waals surface area contributed by atoms with Gasteiger partial charge in [-0.3, -0.25) is 4.79 Å². The average molecular weight is 190 g/mol. The molecule has 1 amide bonds. The Bertz CT molecular complexity index is 400. The molecule has 5 nitrogen and oxygen atoms in total. The second-order valence-electron chi connectivity index (χ2n) is 2.97. The van der Waals surface area contributed by atoms with Crippen LogP contribution in [0.25, 0.3) is 0 Å².